The number of hydrogen-bond acceptors (Lipinski definition) is 5. The lowest BCUT2D eigenvalue weighted by molar-refractivity contribution is -0.158. The highest BCUT2D eigenvalue weighted by atomic mass is 32.2. The van der Waals surface area contributed by atoms with Crippen molar-refractivity contribution in [1.29, 1.82) is 0 Å². The summed E-state index contributed by atoms with van der Waals surface area (Å²) in [4.78, 5) is 7.59. The third kappa shape index (κ3) is 8.75. The topological polar surface area (TPSA) is 81.2 Å². The fourth-order valence-corrected chi connectivity index (χ4v) is 5.67. The van der Waals surface area contributed by atoms with E-state index in [2.05, 4.69) is 19.4 Å². The lowest BCUT2D eigenvalue weighted by Gasteiger charge is -2.20. The van der Waals surface area contributed by atoms with Crippen molar-refractivity contribution in [2.45, 2.75) is 49.7 Å². The molecular weight excluding hydrogens is 653 g/mol. The average Bonchev–Trinajstić information content (AvgIpc) is 2.93. The molecule has 0 aliphatic rings. The molecule has 16 heteroatoms. The molecule has 0 aliphatic carbocycles. The zero-order valence-corrected chi connectivity index (χ0v) is 24.9. The molecule has 0 amide bonds. The lowest BCUT2D eigenvalue weighted by Crippen LogP contribution is -2.40. The molecule has 4 aromatic rings. The Morgan fingerprint density at radius 2 is 1.30 bits per heavy atom. The van der Waals surface area contributed by atoms with Gasteiger partial charge in [0, 0.05) is 16.7 Å². The van der Waals surface area contributed by atoms with Gasteiger partial charge in [-0.15, -0.1) is 0 Å². The van der Waals surface area contributed by atoms with E-state index >= 15 is 0 Å². The Labute approximate surface area is 257 Å². The highest BCUT2D eigenvalue weighted by Crippen LogP contribution is 2.40. The molecule has 0 saturated heterocycles. The standard InChI is InChI=1S/C30H24F9N3O3S/c1-27(2,3)42-46(43,44)21-9-5-7-18(13-21)17-6-4-8-20(12-17)26-40-23(15-25(41-26)30(37,38)39)19-10-11-22(29(34,35)36)24(14-19)45-16-28(31,32)33/h4-15,42H,16H2,1-3H3. The number of ether oxygens (including phenoxy) is 1. The predicted molar refractivity (Wildman–Crippen MR) is 150 cm³/mol. The van der Waals surface area contributed by atoms with Crippen LogP contribution >= 0.6 is 0 Å². The van der Waals surface area contributed by atoms with Gasteiger partial charge >= 0.3 is 18.5 Å². The summed E-state index contributed by atoms with van der Waals surface area (Å²) in [5.74, 6) is -1.77. The molecule has 0 atom stereocenters. The number of benzene rings is 3. The summed E-state index contributed by atoms with van der Waals surface area (Å²) in [7, 11) is -3.94. The second-order valence-electron chi connectivity index (χ2n) is 11.0. The van der Waals surface area contributed by atoms with E-state index < -0.39 is 74.8 Å². The Morgan fingerprint density at radius 3 is 1.89 bits per heavy atom. The number of nitrogens with zero attached hydrogens (tertiary/aromatic N) is 2. The Hall–Kier alpha value is -4.18. The highest BCUT2D eigenvalue weighted by Gasteiger charge is 2.37. The van der Waals surface area contributed by atoms with Crippen LogP contribution in [0.1, 0.15) is 32.0 Å². The number of aromatic nitrogens is 2. The highest BCUT2D eigenvalue weighted by molar-refractivity contribution is 7.89. The summed E-state index contributed by atoms with van der Waals surface area (Å²) in [6, 6.07) is 13.6. The van der Waals surface area contributed by atoms with Crippen LogP contribution < -0.4 is 9.46 Å². The maximum atomic E-state index is 13.9. The molecule has 4 rings (SSSR count). The largest absolute Gasteiger partial charge is 0.483 e. The van der Waals surface area contributed by atoms with E-state index in [4.69, 9.17) is 0 Å². The Bertz CT molecular complexity index is 1850. The third-order valence-electron chi connectivity index (χ3n) is 6.03. The molecule has 246 valence electrons. The minimum atomic E-state index is -5.13. The molecule has 0 saturated carbocycles. The van der Waals surface area contributed by atoms with Crippen molar-refractivity contribution in [3.05, 3.63) is 84.1 Å². The number of rotatable bonds is 7. The van der Waals surface area contributed by atoms with Gasteiger partial charge in [0.1, 0.15) is 11.4 Å². The van der Waals surface area contributed by atoms with Gasteiger partial charge in [0.2, 0.25) is 10.0 Å². The normalized spacial score (nSPS) is 13.1. The minimum Gasteiger partial charge on any atom is -0.483 e. The zero-order valence-electron chi connectivity index (χ0n) is 24.1. The van der Waals surface area contributed by atoms with Crippen molar-refractivity contribution in [1.82, 2.24) is 14.7 Å². The summed E-state index contributed by atoms with van der Waals surface area (Å²) in [5.41, 5.74) is -4.02. The first-order valence-corrected chi connectivity index (χ1v) is 14.6. The first-order chi connectivity index (χ1) is 21.0. The van der Waals surface area contributed by atoms with E-state index in [0.29, 0.717) is 29.3 Å². The maximum absolute atomic E-state index is 13.9. The quantitative estimate of drug-likeness (QED) is 0.199. The van der Waals surface area contributed by atoms with E-state index in [1.54, 1.807) is 32.9 Å². The number of nitrogens with one attached hydrogen (secondary N) is 1. The molecule has 0 bridgehead atoms. The van der Waals surface area contributed by atoms with E-state index in [-0.39, 0.29) is 10.5 Å². The summed E-state index contributed by atoms with van der Waals surface area (Å²) in [5, 5.41) is 0. The molecular formula is C30H24F9N3O3S. The SMILES string of the molecule is CC(C)(C)NS(=O)(=O)c1cccc(-c2cccc(-c3nc(-c4ccc(C(F)(F)F)c(OCC(F)(F)F)c4)cc(C(F)(F)F)n3)c2)c1. The molecule has 0 radical (unpaired) electrons. The molecule has 3 aromatic carbocycles. The van der Waals surface area contributed by atoms with Crippen LogP contribution in [0.15, 0.2) is 77.7 Å². The van der Waals surface area contributed by atoms with Crippen LogP contribution in [0.2, 0.25) is 0 Å². The van der Waals surface area contributed by atoms with Crippen LogP contribution in [-0.2, 0) is 22.4 Å². The second kappa shape index (κ2) is 12.2. The average molecular weight is 678 g/mol. The van der Waals surface area contributed by atoms with Gasteiger partial charge in [-0.05, 0) is 68.3 Å². The van der Waals surface area contributed by atoms with Crippen molar-refractivity contribution < 1.29 is 52.7 Å². The predicted octanol–water partition coefficient (Wildman–Crippen LogP) is 8.53. The smallest absolute Gasteiger partial charge is 0.433 e. The molecule has 6 nitrogen and oxygen atoms in total. The van der Waals surface area contributed by atoms with Gasteiger partial charge in [-0.1, -0.05) is 36.4 Å². The second-order valence-corrected chi connectivity index (χ2v) is 12.7. The fraction of sp³-hybridized carbons (Fsp3) is 0.267. The van der Waals surface area contributed by atoms with Crippen molar-refractivity contribution >= 4 is 10.0 Å². The lowest BCUT2D eigenvalue weighted by atomic mass is 10.0. The molecule has 46 heavy (non-hydrogen) atoms. The Balaban J connectivity index is 1.82. The molecule has 1 aromatic heterocycles. The van der Waals surface area contributed by atoms with E-state index in [1.807, 2.05) is 0 Å². The van der Waals surface area contributed by atoms with Crippen LogP contribution in [0.4, 0.5) is 39.5 Å². The summed E-state index contributed by atoms with van der Waals surface area (Å²) in [6.45, 7) is 2.89. The first-order valence-electron chi connectivity index (χ1n) is 13.1. The van der Waals surface area contributed by atoms with Gasteiger partial charge in [-0.25, -0.2) is 23.1 Å². The summed E-state index contributed by atoms with van der Waals surface area (Å²) < 4.78 is 153. The monoisotopic (exact) mass is 677 g/mol. The van der Waals surface area contributed by atoms with Crippen LogP contribution in [0.3, 0.4) is 0 Å². The Morgan fingerprint density at radius 1 is 0.696 bits per heavy atom. The molecule has 1 heterocycles. The number of halogens is 9. The number of alkyl halides is 9. The van der Waals surface area contributed by atoms with Gasteiger partial charge < -0.3 is 4.74 Å². The summed E-state index contributed by atoms with van der Waals surface area (Å²) >= 11 is 0. The Kier molecular flexibility index (Phi) is 9.20. The van der Waals surface area contributed by atoms with Crippen molar-refractivity contribution in [3.8, 4) is 39.5 Å². The fourth-order valence-electron chi connectivity index (χ4n) is 4.21. The molecule has 1 N–H and O–H groups in total. The van der Waals surface area contributed by atoms with Crippen LogP contribution in [0, 0.1) is 0 Å². The van der Waals surface area contributed by atoms with E-state index in [1.165, 1.54) is 36.4 Å². The van der Waals surface area contributed by atoms with Crippen molar-refractivity contribution in [3.63, 3.8) is 0 Å². The molecule has 0 unspecified atom stereocenters. The van der Waals surface area contributed by atoms with Crippen LogP contribution in [0.25, 0.3) is 33.8 Å². The summed E-state index contributed by atoms with van der Waals surface area (Å²) in [6.07, 6.45) is -15.2. The van der Waals surface area contributed by atoms with Crippen molar-refractivity contribution in [2.24, 2.45) is 0 Å². The van der Waals surface area contributed by atoms with Gasteiger partial charge in [0.25, 0.3) is 0 Å². The first kappa shape index (κ1) is 34.7. The van der Waals surface area contributed by atoms with Crippen LogP contribution in [-0.4, -0.2) is 36.7 Å². The van der Waals surface area contributed by atoms with Gasteiger partial charge in [0.05, 0.1) is 16.2 Å². The third-order valence-corrected chi connectivity index (χ3v) is 7.79. The van der Waals surface area contributed by atoms with Gasteiger partial charge in [0.15, 0.2) is 12.4 Å². The van der Waals surface area contributed by atoms with Crippen LogP contribution in [0.5, 0.6) is 5.75 Å². The number of sulfonamides is 1. The van der Waals surface area contributed by atoms with Gasteiger partial charge in [-0.3, -0.25) is 0 Å². The van der Waals surface area contributed by atoms with Crippen molar-refractivity contribution in [2.75, 3.05) is 6.61 Å². The molecule has 0 fully saturated rings. The number of hydrogen-bond donors (Lipinski definition) is 1. The van der Waals surface area contributed by atoms with E-state index in [9.17, 15) is 47.9 Å². The molecule has 0 spiro atoms. The van der Waals surface area contributed by atoms with E-state index in [0.717, 1.165) is 6.07 Å². The molecule has 0 aliphatic heterocycles. The maximum Gasteiger partial charge on any atom is 0.433 e. The van der Waals surface area contributed by atoms with Gasteiger partial charge in [-0.2, -0.15) is 39.5 Å². The zero-order chi connectivity index (χ0) is 34.3. The minimum absolute atomic E-state index is 0.0198.